The number of halogens is 2. The van der Waals surface area contributed by atoms with Crippen LogP contribution in [0.1, 0.15) is 46.0 Å². The Bertz CT molecular complexity index is 1340. The van der Waals surface area contributed by atoms with Crippen LogP contribution < -0.4 is 15.0 Å². The lowest BCUT2D eigenvalue weighted by atomic mass is 9.82. The van der Waals surface area contributed by atoms with Crippen molar-refractivity contribution in [2.45, 2.75) is 75.3 Å². The first-order valence-corrected chi connectivity index (χ1v) is 12.5. The van der Waals surface area contributed by atoms with Gasteiger partial charge < -0.3 is 20.1 Å². The number of ether oxygens (including phenoxy) is 1. The maximum Gasteiger partial charge on any atom is 0.316 e. The minimum Gasteiger partial charge on any atom is -0.507 e. The van der Waals surface area contributed by atoms with E-state index in [1.807, 2.05) is 11.8 Å². The summed E-state index contributed by atoms with van der Waals surface area (Å²) in [4.78, 5) is 14.4. The fourth-order valence-corrected chi connectivity index (χ4v) is 5.93. The third kappa shape index (κ3) is 4.14. The van der Waals surface area contributed by atoms with E-state index in [0.717, 1.165) is 31.9 Å². The van der Waals surface area contributed by atoms with Crippen LogP contribution in [0.25, 0.3) is 22.5 Å². The van der Waals surface area contributed by atoms with E-state index < -0.39 is 17.5 Å². The highest BCUT2D eigenvalue weighted by Gasteiger charge is 2.58. The summed E-state index contributed by atoms with van der Waals surface area (Å²) >= 11 is 0. The van der Waals surface area contributed by atoms with E-state index in [9.17, 15) is 9.50 Å². The molecule has 0 spiro atoms. The average Bonchev–Trinajstić information content (AvgIpc) is 3.68. The minimum atomic E-state index is -1.05. The minimum absolute atomic E-state index is 0.00689. The zero-order valence-corrected chi connectivity index (χ0v) is 20.9. The van der Waals surface area contributed by atoms with Crippen molar-refractivity contribution in [3.8, 4) is 34.3 Å². The molecule has 1 aliphatic carbocycles. The van der Waals surface area contributed by atoms with Crippen molar-refractivity contribution in [2.24, 2.45) is 0 Å². The van der Waals surface area contributed by atoms with Gasteiger partial charge in [0.15, 0.2) is 5.82 Å². The smallest absolute Gasteiger partial charge is 0.316 e. The molecule has 37 heavy (non-hydrogen) atoms. The zero-order valence-electron chi connectivity index (χ0n) is 20.9. The van der Waals surface area contributed by atoms with Crippen molar-refractivity contribution in [2.75, 3.05) is 12.0 Å². The van der Waals surface area contributed by atoms with Gasteiger partial charge in [-0.05, 0) is 58.1 Å². The number of alkyl halides is 1. The van der Waals surface area contributed by atoms with Crippen molar-refractivity contribution in [3.05, 3.63) is 36.4 Å². The van der Waals surface area contributed by atoms with E-state index >= 15 is 4.39 Å². The first kappa shape index (κ1) is 23.9. The van der Waals surface area contributed by atoms with Gasteiger partial charge in [-0.1, -0.05) is 6.07 Å². The Labute approximate surface area is 213 Å². The molecule has 3 aliphatic rings. The molecule has 0 amide bonds. The molecule has 0 radical (unpaired) electrons. The van der Waals surface area contributed by atoms with E-state index in [0.29, 0.717) is 29.2 Å². The number of rotatable bonds is 6. The predicted octanol–water partition coefficient (Wildman–Crippen LogP) is 3.83. The molecule has 194 valence electrons. The van der Waals surface area contributed by atoms with Gasteiger partial charge in [0.05, 0.1) is 25.5 Å². The summed E-state index contributed by atoms with van der Waals surface area (Å²) in [6, 6.07) is 4.51. The summed E-state index contributed by atoms with van der Waals surface area (Å²) in [6.07, 6.45) is 5.87. The standard InChI is InChI=1S/C26H29F2N7O2/c1-25-8-9-26(2,34-25)22(28)19(11-25)35(15-5-6-15)23-29-13-18(32-33-23)16-7-4-14(10-20(16)36)21-17(27)12-30-24(31-21)37-3/h4,7,10,12-13,15,19,22,34,36H,5-6,8-9,11H2,1-3H3/t19-,22-,25-,26+/m1/s1. The molecule has 2 bridgehead atoms. The summed E-state index contributed by atoms with van der Waals surface area (Å²) in [7, 11) is 1.39. The Morgan fingerprint density at radius 2 is 1.95 bits per heavy atom. The predicted molar refractivity (Wildman–Crippen MR) is 132 cm³/mol. The van der Waals surface area contributed by atoms with Crippen LogP contribution in [0.5, 0.6) is 11.8 Å². The summed E-state index contributed by atoms with van der Waals surface area (Å²) in [5.74, 6) is -0.366. The molecule has 3 aromatic rings. The van der Waals surface area contributed by atoms with Gasteiger partial charge in [0, 0.05) is 28.2 Å². The molecule has 4 atom stereocenters. The number of aromatic hydroxyl groups is 1. The topological polar surface area (TPSA) is 109 Å². The Hall–Kier alpha value is -3.47. The van der Waals surface area contributed by atoms with Crippen LogP contribution in [0.3, 0.4) is 0 Å². The number of hydrogen-bond acceptors (Lipinski definition) is 9. The van der Waals surface area contributed by atoms with Crippen LogP contribution in [-0.4, -0.2) is 66.7 Å². The van der Waals surface area contributed by atoms with Crippen LogP contribution in [0.15, 0.2) is 30.6 Å². The molecule has 2 N–H and O–H groups in total. The van der Waals surface area contributed by atoms with E-state index in [1.165, 1.54) is 19.4 Å². The highest BCUT2D eigenvalue weighted by molar-refractivity contribution is 5.72. The molecule has 11 heteroatoms. The Morgan fingerprint density at radius 1 is 1.14 bits per heavy atom. The van der Waals surface area contributed by atoms with Crippen molar-refractivity contribution >= 4 is 5.95 Å². The highest BCUT2D eigenvalue weighted by Crippen LogP contribution is 2.47. The molecule has 6 rings (SSSR count). The fraction of sp³-hybridized carbons (Fsp3) is 0.500. The number of benzene rings is 1. The molecule has 1 aromatic carbocycles. The first-order chi connectivity index (χ1) is 17.7. The van der Waals surface area contributed by atoms with Gasteiger partial charge in [-0.2, -0.15) is 4.98 Å². The molecular formula is C26H29F2N7O2. The van der Waals surface area contributed by atoms with Gasteiger partial charge in [0.2, 0.25) is 5.95 Å². The molecule has 3 fully saturated rings. The van der Waals surface area contributed by atoms with Gasteiger partial charge in [0.25, 0.3) is 0 Å². The number of methoxy groups -OCH3 is 1. The van der Waals surface area contributed by atoms with E-state index in [1.54, 1.807) is 12.1 Å². The number of phenolic OH excluding ortho intramolecular Hbond substituents is 1. The second-order valence-electron chi connectivity index (χ2n) is 10.8. The zero-order chi connectivity index (χ0) is 25.9. The molecule has 0 unspecified atom stereocenters. The van der Waals surface area contributed by atoms with Gasteiger partial charge >= 0.3 is 6.01 Å². The number of nitrogens with zero attached hydrogens (tertiary/aromatic N) is 6. The molecule has 1 saturated carbocycles. The van der Waals surface area contributed by atoms with Crippen LogP contribution in [0.2, 0.25) is 0 Å². The SMILES string of the molecule is COc1ncc(F)c(-c2ccc(-c3cnc(N(C4CC4)[C@@H]4C[C@@]5(C)CC[C@](C)(N5)[C@@H]4F)nn3)c(O)c2)n1. The summed E-state index contributed by atoms with van der Waals surface area (Å²) in [6.45, 7) is 4.14. The molecule has 2 saturated heterocycles. The first-order valence-electron chi connectivity index (χ1n) is 12.5. The van der Waals surface area contributed by atoms with Crippen LogP contribution in [0, 0.1) is 5.82 Å². The molecule has 4 heterocycles. The van der Waals surface area contributed by atoms with Gasteiger partial charge in [-0.3, -0.25) is 0 Å². The monoisotopic (exact) mass is 509 g/mol. The van der Waals surface area contributed by atoms with E-state index in [-0.39, 0.29) is 35.1 Å². The number of anilines is 1. The summed E-state index contributed by atoms with van der Waals surface area (Å²) < 4.78 is 35.1. The van der Waals surface area contributed by atoms with Crippen LogP contribution in [-0.2, 0) is 0 Å². The summed E-state index contributed by atoms with van der Waals surface area (Å²) in [5, 5.41) is 22.9. The average molecular weight is 510 g/mol. The highest BCUT2D eigenvalue weighted by atomic mass is 19.1. The molecule has 9 nitrogen and oxygen atoms in total. The van der Waals surface area contributed by atoms with E-state index in [2.05, 4.69) is 37.4 Å². The largest absolute Gasteiger partial charge is 0.507 e. The normalized spacial score (nSPS) is 28.8. The lowest BCUT2D eigenvalue weighted by Gasteiger charge is -2.48. The number of fused-ring (bicyclic) bond motifs is 2. The maximum atomic E-state index is 15.8. The lowest BCUT2D eigenvalue weighted by Crippen LogP contribution is -2.66. The van der Waals surface area contributed by atoms with E-state index in [4.69, 9.17) is 4.74 Å². The number of hydrogen-bond donors (Lipinski definition) is 2. The fourth-order valence-electron chi connectivity index (χ4n) is 5.93. The number of aromatic nitrogens is 5. The quantitative estimate of drug-likeness (QED) is 0.512. The third-order valence-corrected chi connectivity index (χ3v) is 7.92. The van der Waals surface area contributed by atoms with Gasteiger partial charge in [0.1, 0.15) is 23.3 Å². The molecule has 2 aromatic heterocycles. The van der Waals surface area contributed by atoms with Gasteiger partial charge in [-0.15, -0.1) is 10.2 Å². The maximum absolute atomic E-state index is 15.8. The van der Waals surface area contributed by atoms with Gasteiger partial charge in [-0.25, -0.2) is 18.7 Å². The van der Waals surface area contributed by atoms with Crippen molar-refractivity contribution in [3.63, 3.8) is 0 Å². The second-order valence-corrected chi connectivity index (χ2v) is 10.8. The lowest BCUT2D eigenvalue weighted by molar-refractivity contribution is 0.0828. The number of piperidine rings is 1. The van der Waals surface area contributed by atoms with Crippen LogP contribution in [0.4, 0.5) is 14.7 Å². The van der Waals surface area contributed by atoms with Crippen LogP contribution >= 0.6 is 0 Å². The van der Waals surface area contributed by atoms with Crippen molar-refractivity contribution in [1.82, 2.24) is 30.5 Å². The number of nitrogens with one attached hydrogen (secondary N) is 1. The Morgan fingerprint density at radius 3 is 2.62 bits per heavy atom. The number of phenols is 1. The molecule has 2 aliphatic heterocycles. The molecular weight excluding hydrogens is 480 g/mol. The Kier molecular flexibility index (Phi) is 5.52. The Balaban J connectivity index is 1.28. The summed E-state index contributed by atoms with van der Waals surface area (Å²) in [5.41, 5.74) is 0.437. The van der Waals surface area contributed by atoms with Crippen molar-refractivity contribution in [1.29, 1.82) is 0 Å². The second kappa shape index (κ2) is 8.54. The van der Waals surface area contributed by atoms with Crippen molar-refractivity contribution < 1.29 is 18.6 Å². The third-order valence-electron chi connectivity index (χ3n) is 7.92.